The van der Waals surface area contributed by atoms with Crippen LogP contribution >= 0.6 is 11.8 Å². The zero-order valence-electron chi connectivity index (χ0n) is 10.7. The first-order valence-electron chi connectivity index (χ1n) is 6.51. The number of amides is 1. The summed E-state index contributed by atoms with van der Waals surface area (Å²) < 4.78 is 13.0. The van der Waals surface area contributed by atoms with Gasteiger partial charge in [0.25, 0.3) is 0 Å². The van der Waals surface area contributed by atoms with Gasteiger partial charge in [-0.25, -0.2) is 4.39 Å². The molecular formula is C14H14FNO3S. The third-order valence-electron chi connectivity index (χ3n) is 3.53. The van der Waals surface area contributed by atoms with Gasteiger partial charge in [0.05, 0.1) is 11.7 Å². The highest BCUT2D eigenvalue weighted by Crippen LogP contribution is 2.49. The van der Waals surface area contributed by atoms with Crippen LogP contribution in [0.3, 0.4) is 0 Å². The quantitative estimate of drug-likeness (QED) is 0.926. The number of benzene rings is 1. The van der Waals surface area contributed by atoms with Gasteiger partial charge in [0, 0.05) is 6.04 Å². The molecule has 1 aromatic carbocycles. The number of halogens is 1. The van der Waals surface area contributed by atoms with Crippen molar-refractivity contribution in [2.45, 2.75) is 35.9 Å². The van der Waals surface area contributed by atoms with Crippen molar-refractivity contribution < 1.29 is 19.1 Å². The second-order valence-electron chi connectivity index (χ2n) is 5.10. The molecule has 2 atom stereocenters. The smallest absolute Gasteiger partial charge is 0.305 e. The van der Waals surface area contributed by atoms with Crippen molar-refractivity contribution in [2.24, 2.45) is 0 Å². The van der Waals surface area contributed by atoms with Crippen LogP contribution in [0.2, 0.25) is 0 Å². The van der Waals surface area contributed by atoms with Gasteiger partial charge in [0.2, 0.25) is 5.91 Å². The normalized spacial score (nSPS) is 26.1. The van der Waals surface area contributed by atoms with Crippen molar-refractivity contribution in [3.63, 3.8) is 0 Å². The van der Waals surface area contributed by atoms with Gasteiger partial charge in [-0.15, -0.1) is 11.8 Å². The standard InChI is InChI=1S/C14H14FNO3S/c15-9-3-1-8(2-4-9)14-16(10-5-6-10)13(19)11(20-14)7-12(17)18/h1-4,10-11,14H,5-7H2,(H,17,18). The summed E-state index contributed by atoms with van der Waals surface area (Å²) in [6.45, 7) is 0. The molecule has 20 heavy (non-hydrogen) atoms. The Balaban J connectivity index is 1.86. The number of carbonyl (C=O) groups is 2. The van der Waals surface area contributed by atoms with Crippen LogP contribution in [0, 0.1) is 5.82 Å². The summed E-state index contributed by atoms with van der Waals surface area (Å²) in [5.41, 5.74) is 0.851. The molecule has 6 heteroatoms. The molecule has 1 amide bonds. The second-order valence-corrected chi connectivity index (χ2v) is 6.39. The summed E-state index contributed by atoms with van der Waals surface area (Å²) in [7, 11) is 0. The largest absolute Gasteiger partial charge is 0.481 e. The summed E-state index contributed by atoms with van der Waals surface area (Å²) in [6, 6.07) is 6.28. The highest BCUT2D eigenvalue weighted by Gasteiger charge is 2.48. The van der Waals surface area contributed by atoms with Crippen molar-refractivity contribution in [1.82, 2.24) is 4.90 Å². The average Bonchev–Trinajstić information content (AvgIpc) is 3.17. The number of rotatable bonds is 4. The molecule has 1 aliphatic carbocycles. The first kappa shape index (κ1) is 13.4. The number of hydrogen-bond donors (Lipinski definition) is 1. The van der Waals surface area contributed by atoms with Crippen molar-refractivity contribution in [3.05, 3.63) is 35.6 Å². The van der Waals surface area contributed by atoms with Crippen LogP contribution in [-0.4, -0.2) is 33.2 Å². The Hall–Kier alpha value is -1.56. The molecular weight excluding hydrogens is 281 g/mol. The Kier molecular flexibility index (Phi) is 3.41. The molecule has 106 valence electrons. The predicted octanol–water partition coefficient (Wildman–Crippen LogP) is 2.41. The number of hydrogen-bond acceptors (Lipinski definition) is 3. The van der Waals surface area contributed by atoms with Crippen molar-refractivity contribution >= 4 is 23.6 Å². The van der Waals surface area contributed by atoms with E-state index in [0.29, 0.717) is 0 Å². The van der Waals surface area contributed by atoms with Crippen LogP contribution in [-0.2, 0) is 9.59 Å². The van der Waals surface area contributed by atoms with Crippen LogP contribution < -0.4 is 0 Å². The Morgan fingerprint density at radius 2 is 2.00 bits per heavy atom. The molecule has 0 bridgehead atoms. The highest BCUT2D eigenvalue weighted by molar-refractivity contribution is 8.01. The van der Waals surface area contributed by atoms with Gasteiger partial charge in [-0.2, -0.15) is 0 Å². The Morgan fingerprint density at radius 3 is 2.55 bits per heavy atom. The Morgan fingerprint density at radius 1 is 1.35 bits per heavy atom. The van der Waals surface area contributed by atoms with E-state index in [0.717, 1.165) is 18.4 Å². The lowest BCUT2D eigenvalue weighted by Gasteiger charge is -2.23. The number of nitrogens with zero attached hydrogens (tertiary/aromatic N) is 1. The van der Waals surface area contributed by atoms with Gasteiger partial charge < -0.3 is 10.0 Å². The van der Waals surface area contributed by atoms with E-state index in [1.54, 1.807) is 17.0 Å². The van der Waals surface area contributed by atoms with Crippen molar-refractivity contribution in [3.8, 4) is 0 Å². The van der Waals surface area contributed by atoms with E-state index in [1.165, 1.54) is 23.9 Å². The Bertz CT molecular complexity index is 544. The first-order chi connectivity index (χ1) is 9.56. The van der Waals surface area contributed by atoms with Crippen LogP contribution in [0.1, 0.15) is 30.2 Å². The lowest BCUT2D eigenvalue weighted by molar-refractivity contribution is -0.140. The highest BCUT2D eigenvalue weighted by atomic mass is 32.2. The van der Waals surface area contributed by atoms with Gasteiger partial charge in [-0.1, -0.05) is 12.1 Å². The topological polar surface area (TPSA) is 57.6 Å². The molecule has 1 aromatic rings. The third-order valence-corrected chi connectivity index (χ3v) is 4.99. The van der Waals surface area contributed by atoms with Gasteiger partial charge >= 0.3 is 5.97 Å². The minimum absolute atomic E-state index is 0.103. The molecule has 2 unspecified atom stereocenters. The number of carboxylic acid groups (broad SMARTS) is 1. The lowest BCUT2D eigenvalue weighted by atomic mass is 10.2. The van der Waals surface area contributed by atoms with Gasteiger partial charge in [-0.3, -0.25) is 9.59 Å². The van der Waals surface area contributed by atoms with E-state index in [2.05, 4.69) is 0 Å². The Labute approximate surface area is 120 Å². The van der Waals surface area contributed by atoms with E-state index >= 15 is 0 Å². The fourth-order valence-electron chi connectivity index (χ4n) is 2.45. The summed E-state index contributed by atoms with van der Waals surface area (Å²) in [6.07, 6.45) is 1.76. The summed E-state index contributed by atoms with van der Waals surface area (Å²) in [4.78, 5) is 25.0. The number of thioether (sulfide) groups is 1. The van der Waals surface area contributed by atoms with Crippen LogP contribution in [0.5, 0.6) is 0 Å². The number of carbonyl (C=O) groups excluding carboxylic acids is 1. The first-order valence-corrected chi connectivity index (χ1v) is 7.45. The fourth-order valence-corrected chi connectivity index (χ4v) is 3.96. The molecule has 1 aliphatic heterocycles. The van der Waals surface area contributed by atoms with Crippen LogP contribution in [0.15, 0.2) is 24.3 Å². The van der Waals surface area contributed by atoms with Crippen LogP contribution in [0.4, 0.5) is 4.39 Å². The molecule has 0 aromatic heterocycles. The lowest BCUT2D eigenvalue weighted by Crippen LogP contribution is -2.33. The van der Waals surface area contributed by atoms with Gasteiger partial charge in [-0.05, 0) is 30.5 Å². The minimum Gasteiger partial charge on any atom is -0.481 e. The fraction of sp³-hybridized carbons (Fsp3) is 0.429. The van der Waals surface area contributed by atoms with Gasteiger partial charge in [0.1, 0.15) is 11.2 Å². The van der Waals surface area contributed by atoms with E-state index in [4.69, 9.17) is 5.11 Å². The SMILES string of the molecule is O=C(O)CC1SC(c2ccc(F)cc2)N(C2CC2)C1=O. The maximum atomic E-state index is 13.0. The molecule has 0 radical (unpaired) electrons. The maximum absolute atomic E-state index is 13.0. The maximum Gasteiger partial charge on any atom is 0.305 e. The molecule has 1 heterocycles. The van der Waals surface area contributed by atoms with Crippen molar-refractivity contribution in [1.29, 1.82) is 0 Å². The van der Waals surface area contributed by atoms with E-state index < -0.39 is 11.2 Å². The number of carboxylic acids is 1. The van der Waals surface area contributed by atoms with Crippen molar-refractivity contribution in [2.75, 3.05) is 0 Å². The minimum atomic E-state index is -0.966. The number of aliphatic carboxylic acids is 1. The molecule has 3 rings (SSSR count). The molecule has 1 saturated heterocycles. The van der Waals surface area contributed by atoms with E-state index in [-0.39, 0.29) is 29.6 Å². The predicted molar refractivity (Wildman–Crippen MR) is 72.6 cm³/mol. The molecule has 1 saturated carbocycles. The van der Waals surface area contributed by atoms with Gasteiger partial charge in [0.15, 0.2) is 0 Å². The summed E-state index contributed by atoms with van der Waals surface area (Å²) in [5, 5.41) is 8.16. The second kappa shape index (κ2) is 5.09. The third kappa shape index (κ3) is 2.52. The summed E-state index contributed by atoms with van der Waals surface area (Å²) >= 11 is 1.36. The van der Waals surface area contributed by atoms with Crippen LogP contribution in [0.25, 0.3) is 0 Å². The molecule has 2 fully saturated rings. The molecule has 4 nitrogen and oxygen atoms in total. The molecule has 2 aliphatic rings. The monoisotopic (exact) mass is 295 g/mol. The zero-order valence-corrected chi connectivity index (χ0v) is 11.5. The van der Waals surface area contributed by atoms with E-state index in [9.17, 15) is 14.0 Å². The summed E-state index contributed by atoms with van der Waals surface area (Å²) in [5.74, 6) is -1.39. The zero-order chi connectivity index (χ0) is 14.3. The van der Waals surface area contributed by atoms with E-state index in [1.807, 2.05) is 0 Å². The molecule has 1 N–H and O–H groups in total. The molecule has 0 spiro atoms. The average molecular weight is 295 g/mol.